The maximum absolute atomic E-state index is 10.8. The maximum atomic E-state index is 10.8. The van der Waals surface area contributed by atoms with Gasteiger partial charge in [0.15, 0.2) is 0 Å². The predicted octanol–water partition coefficient (Wildman–Crippen LogP) is 3.07. The largest absolute Gasteiger partial charge is 0.303 e. The van der Waals surface area contributed by atoms with Crippen LogP contribution in [-0.2, 0) is 11.2 Å². The molecule has 76 valence electrons. The molecule has 0 spiro atoms. The van der Waals surface area contributed by atoms with Crippen LogP contribution in [0.2, 0.25) is 0 Å². The van der Waals surface area contributed by atoms with Crippen LogP contribution in [0.25, 0.3) is 0 Å². The SMILES string of the molecule is Cc1cccc(CC(C)(C)C=O)c1C. The van der Waals surface area contributed by atoms with Crippen LogP contribution >= 0.6 is 0 Å². The van der Waals surface area contributed by atoms with Gasteiger partial charge in [-0.2, -0.15) is 0 Å². The number of benzene rings is 1. The molecule has 0 aliphatic heterocycles. The number of rotatable bonds is 3. The molecule has 0 N–H and O–H groups in total. The van der Waals surface area contributed by atoms with Gasteiger partial charge in [-0.1, -0.05) is 32.0 Å². The molecule has 0 fully saturated rings. The zero-order chi connectivity index (χ0) is 10.8. The highest BCUT2D eigenvalue weighted by Crippen LogP contribution is 2.22. The van der Waals surface area contributed by atoms with Gasteiger partial charge in [0.2, 0.25) is 0 Å². The lowest BCUT2D eigenvalue weighted by Gasteiger charge is -2.18. The molecule has 0 saturated carbocycles. The quantitative estimate of drug-likeness (QED) is 0.669. The lowest BCUT2D eigenvalue weighted by Crippen LogP contribution is -2.17. The molecule has 1 nitrogen and oxygen atoms in total. The van der Waals surface area contributed by atoms with E-state index in [2.05, 4.69) is 32.0 Å². The van der Waals surface area contributed by atoms with Gasteiger partial charge in [0, 0.05) is 5.41 Å². The standard InChI is InChI=1S/C13H18O/c1-10-6-5-7-12(11(10)2)8-13(3,4)9-14/h5-7,9H,8H2,1-4H3. The minimum atomic E-state index is -0.251. The fraction of sp³-hybridized carbons (Fsp3) is 0.462. The second-order valence-electron chi connectivity index (χ2n) is 4.64. The topological polar surface area (TPSA) is 17.1 Å². The first-order chi connectivity index (χ1) is 6.46. The van der Waals surface area contributed by atoms with Gasteiger partial charge in [-0.25, -0.2) is 0 Å². The van der Waals surface area contributed by atoms with Crippen molar-refractivity contribution in [3.8, 4) is 0 Å². The molecule has 1 rings (SSSR count). The van der Waals surface area contributed by atoms with Crippen LogP contribution in [-0.4, -0.2) is 6.29 Å². The first-order valence-corrected chi connectivity index (χ1v) is 4.98. The molecular formula is C13H18O. The number of aryl methyl sites for hydroxylation is 1. The van der Waals surface area contributed by atoms with Gasteiger partial charge in [0.1, 0.15) is 6.29 Å². The van der Waals surface area contributed by atoms with Crippen molar-refractivity contribution in [2.75, 3.05) is 0 Å². The van der Waals surface area contributed by atoms with Gasteiger partial charge in [0.05, 0.1) is 0 Å². The molecule has 1 heteroatoms. The van der Waals surface area contributed by atoms with E-state index in [1.54, 1.807) is 0 Å². The van der Waals surface area contributed by atoms with E-state index in [0.717, 1.165) is 12.7 Å². The first-order valence-electron chi connectivity index (χ1n) is 4.98. The van der Waals surface area contributed by atoms with Crippen molar-refractivity contribution >= 4 is 6.29 Å². The summed E-state index contributed by atoms with van der Waals surface area (Å²) in [6, 6.07) is 6.26. The second kappa shape index (κ2) is 3.95. The van der Waals surface area contributed by atoms with Crippen LogP contribution < -0.4 is 0 Å². The highest BCUT2D eigenvalue weighted by Gasteiger charge is 2.18. The predicted molar refractivity (Wildman–Crippen MR) is 59.5 cm³/mol. The lowest BCUT2D eigenvalue weighted by atomic mass is 9.85. The molecule has 0 aromatic heterocycles. The highest BCUT2D eigenvalue weighted by atomic mass is 16.1. The summed E-state index contributed by atoms with van der Waals surface area (Å²) in [6.45, 7) is 8.17. The first kappa shape index (κ1) is 11.0. The molecule has 0 saturated heterocycles. The van der Waals surface area contributed by atoms with Crippen LogP contribution in [0.4, 0.5) is 0 Å². The van der Waals surface area contributed by atoms with Crippen LogP contribution in [0, 0.1) is 19.3 Å². The lowest BCUT2D eigenvalue weighted by molar-refractivity contribution is -0.114. The van der Waals surface area contributed by atoms with Crippen LogP contribution in [0.5, 0.6) is 0 Å². The molecule has 0 bridgehead atoms. The number of carbonyl (C=O) groups is 1. The molecule has 0 aliphatic carbocycles. The van der Waals surface area contributed by atoms with E-state index in [9.17, 15) is 4.79 Å². The number of hydrogen-bond donors (Lipinski definition) is 0. The van der Waals surface area contributed by atoms with E-state index in [0.29, 0.717) is 0 Å². The third-order valence-electron chi connectivity index (χ3n) is 2.68. The van der Waals surface area contributed by atoms with Crippen LogP contribution in [0.1, 0.15) is 30.5 Å². The Kier molecular flexibility index (Phi) is 3.10. The molecule has 0 heterocycles. The normalized spacial score (nSPS) is 11.4. The summed E-state index contributed by atoms with van der Waals surface area (Å²) in [4.78, 5) is 10.8. The molecule has 14 heavy (non-hydrogen) atoms. The average molecular weight is 190 g/mol. The van der Waals surface area contributed by atoms with Gasteiger partial charge in [-0.15, -0.1) is 0 Å². The molecule has 1 aromatic carbocycles. The fourth-order valence-corrected chi connectivity index (χ4v) is 1.54. The second-order valence-corrected chi connectivity index (χ2v) is 4.64. The summed E-state index contributed by atoms with van der Waals surface area (Å²) in [5.41, 5.74) is 3.63. The zero-order valence-corrected chi connectivity index (χ0v) is 9.42. The third-order valence-corrected chi connectivity index (χ3v) is 2.68. The Morgan fingerprint density at radius 2 is 1.93 bits per heavy atom. The van der Waals surface area contributed by atoms with Crippen molar-refractivity contribution in [3.05, 3.63) is 34.9 Å². The molecular weight excluding hydrogens is 172 g/mol. The van der Waals surface area contributed by atoms with Gasteiger partial charge in [-0.3, -0.25) is 0 Å². The van der Waals surface area contributed by atoms with Crippen LogP contribution in [0.3, 0.4) is 0 Å². The third kappa shape index (κ3) is 2.44. The average Bonchev–Trinajstić information content (AvgIpc) is 2.13. The zero-order valence-electron chi connectivity index (χ0n) is 9.42. The summed E-state index contributed by atoms with van der Waals surface area (Å²) in [5, 5.41) is 0. The number of carbonyl (C=O) groups excluding carboxylic acids is 1. The molecule has 1 aromatic rings. The van der Waals surface area contributed by atoms with E-state index in [4.69, 9.17) is 0 Å². The maximum Gasteiger partial charge on any atom is 0.125 e. The van der Waals surface area contributed by atoms with Crippen molar-refractivity contribution in [1.29, 1.82) is 0 Å². The van der Waals surface area contributed by atoms with Crippen molar-refractivity contribution in [2.24, 2.45) is 5.41 Å². The van der Waals surface area contributed by atoms with Gasteiger partial charge in [0.25, 0.3) is 0 Å². The Hall–Kier alpha value is -1.11. The van der Waals surface area contributed by atoms with Crippen molar-refractivity contribution < 1.29 is 4.79 Å². The summed E-state index contributed by atoms with van der Waals surface area (Å²) in [5.74, 6) is 0. The smallest absolute Gasteiger partial charge is 0.125 e. The Morgan fingerprint density at radius 3 is 2.50 bits per heavy atom. The monoisotopic (exact) mass is 190 g/mol. The van der Waals surface area contributed by atoms with Gasteiger partial charge >= 0.3 is 0 Å². The Morgan fingerprint density at radius 1 is 1.29 bits per heavy atom. The van der Waals surface area contributed by atoms with Crippen molar-refractivity contribution in [1.82, 2.24) is 0 Å². The number of aldehydes is 1. The number of hydrogen-bond acceptors (Lipinski definition) is 1. The van der Waals surface area contributed by atoms with Crippen molar-refractivity contribution in [3.63, 3.8) is 0 Å². The van der Waals surface area contributed by atoms with E-state index in [1.807, 2.05) is 13.8 Å². The Balaban J connectivity index is 2.98. The summed E-state index contributed by atoms with van der Waals surface area (Å²) >= 11 is 0. The Bertz CT molecular complexity index is 337. The summed E-state index contributed by atoms with van der Waals surface area (Å²) < 4.78 is 0. The van der Waals surface area contributed by atoms with E-state index < -0.39 is 0 Å². The molecule has 0 atom stereocenters. The molecule has 0 radical (unpaired) electrons. The minimum Gasteiger partial charge on any atom is -0.303 e. The van der Waals surface area contributed by atoms with E-state index >= 15 is 0 Å². The van der Waals surface area contributed by atoms with Gasteiger partial charge in [-0.05, 0) is 37.0 Å². The van der Waals surface area contributed by atoms with Crippen molar-refractivity contribution in [2.45, 2.75) is 34.1 Å². The molecule has 0 aliphatic rings. The molecule has 0 unspecified atom stereocenters. The minimum absolute atomic E-state index is 0.251. The molecule has 0 amide bonds. The highest BCUT2D eigenvalue weighted by molar-refractivity contribution is 5.59. The van der Waals surface area contributed by atoms with E-state index in [-0.39, 0.29) is 5.41 Å². The Labute approximate surface area is 86.1 Å². The summed E-state index contributed by atoms with van der Waals surface area (Å²) in [7, 11) is 0. The summed E-state index contributed by atoms with van der Waals surface area (Å²) in [6.07, 6.45) is 1.86. The van der Waals surface area contributed by atoms with Crippen LogP contribution in [0.15, 0.2) is 18.2 Å². The van der Waals surface area contributed by atoms with E-state index in [1.165, 1.54) is 16.7 Å². The fourth-order valence-electron chi connectivity index (χ4n) is 1.54. The van der Waals surface area contributed by atoms with Gasteiger partial charge < -0.3 is 4.79 Å².